The summed E-state index contributed by atoms with van der Waals surface area (Å²) in [5.74, 6) is -2.18. The summed E-state index contributed by atoms with van der Waals surface area (Å²) < 4.78 is 0.578. The van der Waals surface area contributed by atoms with Gasteiger partial charge in [0.25, 0.3) is 0 Å². The smallest absolute Gasteiger partial charge is 0.337 e. The van der Waals surface area contributed by atoms with Gasteiger partial charge in [0.05, 0.1) is 27.6 Å². The number of aliphatic hydroxyl groups is 2. The molecule has 1 aromatic carbocycles. The van der Waals surface area contributed by atoms with Gasteiger partial charge < -0.3 is 24.9 Å². The Morgan fingerprint density at radius 1 is 1.05 bits per heavy atom. The summed E-state index contributed by atoms with van der Waals surface area (Å²) in [5.41, 5.74) is 0.403. The van der Waals surface area contributed by atoms with Crippen LogP contribution < -0.4 is 0 Å². The Hall–Kier alpha value is -1.96. The molecule has 0 aliphatic rings. The van der Waals surface area contributed by atoms with Gasteiger partial charge in [-0.2, -0.15) is 0 Å². The number of carbonyl (C=O) groups is 2. The number of rotatable bonds is 6. The fraction of sp³-hybridized carbons (Fsp3) is 0.467. The molecule has 7 heteroatoms. The van der Waals surface area contributed by atoms with Gasteiger partial charge in [-0.3, -0.25) is 4.79 Å². The van der Waals surface area contributed by atoms with E-state index in [0.29, 0.717) is 16.6 Å². The average molecular weight is 314 g/mol. The molecule has 1 unspecified atom stereocenters. The van der Waals surface area contributed by atoms with Crippen LogP contribution in [-0.4, -0.2) is 70.6 Å². The van der Waals surface area contributed by atoms with Gasteiger partial charge in [-0.05, 0) is 5.56 Å². The quantitative estimate of drug-likeness (QED) is 0.563. The van der Waals surface area contributed by atoms with Crippen molar-refractivity contribution >= 4 is 11.9 Å². The van der Waals surface area contributed by atoms with Crippen molar-refractivity contribution in [3.8, 4) is 0 Å². The summed E-state index contributed by atoms with van der Waals surface area (Å²) in [6.45, 7) is 0.465. The van der Waals surface area contributed by atoms with Crippen molar-refractivity contribution in [2.24, 2.45) is 0 Å². The maximum absolute atomic E-state index is 10.2. The molecule has 0 fully saturated rings. The van der Waals surface area contributed by atoms with E-state index >= 15 is 0 Å². The zero-order chi connectivity index (χ0) is 17.3. The predicted octanol–water partition coefficient (Wildman–Crippen LogP) is 0.333. The maximum Gasteiger partial charge on any atom is 0.337 e. The third kappa shape index (κ3) is 9.87. The molecular formula is C15H24NO6+. The first-order chi connectivity index (χ1) is 10.0. The van der Waals surface area contributed by atoms with Gasteiger partial charge in [-0.25, -0.2) is 4.79 Å². The van der Waals surface area contributed by atoms with Crippen LogP contribution in [0.2, 0.25) is 0 Å². The Morgan fingerprint density at radius 3 is 1.91 bits per heavy atom. The van der Waals surface area contributed by atoms with Crippen molar-refractivity contribution in [2.45, 2.75) is 18.6 Å². The minimum absolute atomic E-state index is 0.171. The zero-order valence-corrected chi connectivity index (χ0v) is 13.0. The van der Waals surface area contributed by atoms with Gasteiger partial charge in [0.15, 0.2) is 6.10 Å². The highest BCUT2D eigenvalue weighted by molar-refractivity contribution is 5.73. The van der Waals surface area contributed by atoms with Gasteiger partial charge in [0.2, 0.25) is 0 Å². The molecule has 4 N–H and O–H groups in total. The van der Waals surface area contributed by atoms with Crippen LogP contribution in [0.15, 0.2) is 30.3 Å². The molecule has 0 aromatic heterocycles. The summed E-state index contributed by atoms with van der Waals surface area (Å²) >= 11 is 0. The number of hydrogen-bond acceptors (Lipinski definition) is 4. The maximum atomic E-state index is 10.2. The molecule has 1 rings (SSSR count). The molecule has 0 saturated carbocycles. The molecule has 0 amide bonds. The average Bonchev–Trinajstić information content (AvgIpc) is 2.36. The van der Waals surface area contributed by atoms with E-state index in [0.717, 1.165) is 0 Å². The lowest BCUT2D eigenvalue weighted by Crippen LogP contribution is -2.42. The fourth-order valence-electron chi connectivity index (χ4n) is 1.68. The van der Waals surface area contributed by atoms with Crippen LogP contribution in [0, 0.1) is 0 Å². The Kier molecular flexibility index (Phi) is 8.32. The normalized spacial score (nSPS) is 13.5. The van der Waals surface area contributed by atoms with Crippen LogP contribution in [0.3, 0.4) is 0 Å². The standard InChI is InChI=1S/C8H8O3.C7H15NO3/c9-7(8(10)11)6-4-2-1-3-5-6;1-8(2,3)5-6(9)4-7(10)11/h1-5,7,9H,(H,10,11);6,9H,4-5H2,1-3H3/p+1/t;6-/m.1/s1. The first-order valence-corrected chi connectivity index (χ1v) is 6.69. The number of aliphatic carboxylic acids is 2. The van der Waals surface area contributed by atoms with Gasteiger partial charge in [0, 0.05) is 0 Å². The van der Waals surface area contributed by atoms with Crippen molar-refractivity contribution in [1.29, 1.82) is 0 Å². The Labute approximate surface area is 129 Å². The van der Waals surface area contributed by atoms with Crippen molar-refractivity contribution in [3.63, 3.8) is 0 Å². The van der Waals surface area contributed by atoms with E-state index in [1.165, 1.54) is 0 Å². The number of likely N-dealkylation sites (N-methyl/N-ethyl adjacent to an activating group) is 1. The van der Waals surface area contributed by atoms with Crippen LogP contribution in [0.4, 0.5) is 0 Å². The SMILES string of the molecule is C[N+](C)(C)C[C@H](O)CC(=O)O.O=C(O)C(O)c1ccccc1. The number of carboxylic acids is 2. The van der Waals surface area contributed by atoms with Crippen LogP contribution in [0.5, 0.6) is 0 Å². The fourth-order valence-corrected chi connectivity index (χ4v) is 1.68. The van der Waals surface area contributed by atoms with Crippen molar-refractivity contribution in [2.75, 3.05) is 27.7 Å². The first kappa shape index (κ1) is 20.0. The topological polar surface area (TPSA) is 115 Å². The second kappa shape index (κ2) is 9.14. The molecule has 0 bridgehead atoms. The van der Waals surface area contributed by atoms with Crippen LogP contribution in [0.25, 0.3) is 0 Å². The van der Waals surface area contributed by atoms with E-state index < -0.39 is 24.1 Å². The second-order valence-electron chi connectivity index (χ2n) is 5.88. The van der Waals surface area contributed by atoms with Gasteiger partial charge in [-0.15, -0.1) is 0 Å². The highest BCUT2D eigenvalue weighted by Crippen LogP contribution is 2.10. The van der Waals surface area contributed by atoms with Crippen LogP contribution >= 0.6 is 0 Å². The van der Waals surface area contributed by atoms with Gasteiger partial charge >= 0.3 is 11.9 Å². The van der Waals surface area contributed by atoms with E-state index in [9.17, 15) is 9.59 Å². The Balaban J connectivity index is 0.000000401. The molecule has 0 heterocycles. The van der Waals surface area contributed by atoms with Crippen molar-refractivity contribution in [3.05, 3.63) is 35.9 Å². The predicted molar refractivity (Wildman–Crippen MR) is 80.2 cm³/mol. The van der Waals surface area contributed by atoms with E-state index in [1.807, 2.05) is 21.1 Å². The molecule has 0 spiro atoms. The van der Waals surface area contributed by atoms with Crippen molar-refractivity contribution in [1.82, 2.24) is 0 Å². The lowest BCUT2D eigenvalue weighted by Gasteiger charge is -2.25. The van der Waals surface area contributed by atoms with Crippen LogP contribution in [-0.2, 0) is 9.59 Å². The molecule has 0 aliphatic carbocycles. The minimum Gasteiger partial charge on any atom is -0.481 e. The summed E-state index contributed by atoms with van der Waals surface area (Å²) in [7, 11) is 5.72. The lowest BCUT2D eigenvalue weighted by molar-refractivity contribution is -0.873. The molecule has 0 aliphatic heterocycles. The number of quaternary nitrogens is 1. The zero-order valence-electron chi connectivity index (χ0n) is 13.0. The summed E-state index contributed by atoms with van der Waals surface area (Å²) in [6, 6.07) is 8.26. The third-order valence-electron chi connectivity index (χ3n) is 2.52. The Bertz CT molecular complexity index is 469. The highest BCUT2D eigenvalue weighted by atomic mass is 16.4. The van der Waals surface area contributed by atoms with Gasteiger partial charge in [0.1, 0.15) is 12.6 Å². The summed E-state index contributed by atoms with van der Waals surface area (Å²) in [4.78, 5) is 20.4. The van der Waals surface area contributed by atoms with E-state index in [4.69, 9.17) is 20.4 Å². The molecule has 0 saturated heterocycles. The number of nitrogens with zero attached hydrogens (tertiary/aromatic N) is 1. The molecule has 1 aromatic rings. The third-order valence-corrected chi connectivity index (χ3v) is 2.52. The molecular weight excluding hydrogens is 290 g/mol. The van der Waals surface area contributed by atoms with E-state index in [2.05, 4.69) is 0 Å². The molecule has 124 valence electrons. The largest absolute Gasteiger partial charge is 0.481 e. The monoisotopic (exact) mass is 314 g/mol. The molecule has 0 radical (unpaired) electrons. The first-order valence-electron chi connectivity index (χ1n) is 6.69. The molecule has 7 nitrogen and oxygen atoms in total. The Morgan fingerprint density at radius 2 is 1.55 bits per heavy atom. The highest BCUT2D eigenvalue weighted by Gasteiger charge is 2.17. The molecule has 2 atom stereocenters. The summed E-state index contributed by atoms with van der Waals surface area (Å²) in [5, 5.41) is 34.9. The second-order valence-corrected chi connectivity index (χ2v) is 5.88. The minimum atomic E-state index is -1.41. The van der Waals surface area contributed by atoms with E-state index in [1.54, 1.807) is 30.3 Å². The van der Waals surface area contributed by atoms with E-state index in [-0.39, 0.29) is 6.42 Å². The number of aliphatic hydroxyl groups excluding tert-OH is 2. The van der Waals surface area contributed by atoms with Crippen molar-refractivity contribution < 1.29 is 34.5 Å². The summed E-state index contributed by atoms with van der Waals surface area (Å²) in [6.07, 6.45) is -2.32. The number of benzene rings is 1. The number of carboxylic acid groups (broad SMARTS) is 2. The van der Waals surface area contributed by atoms with Crippen LogP contribution in [0.1, 0.15) is 18.1 Å². The molecule has 22 heavy (non-hydrogen) atoms. The lowest BCUT2D eigenvalue weighted by atomic mass is 10.1. The number of hydrogen-bond donors (Lipinski definition) is 4. The van der Waals surface area contributed by atoms with Gasteiger partial charge in [-0.1, -0.05) is 30.3 Å².